The number of hydrogen-bond acceptors (Lipinski definition) is 7. The molecule has 1 aliphatic carbocycles. The van der Waals surface area contributed by atoms with Crippen molar-refractivity contribution < 1.29 is 37.2 Å². The first-order valence-corrected chi connectivity index (χ1v) is 11.8. The van der Waals surface area contributed by atoms with E-state index in [2.05, 4.69) is 10.0 Å². The van der Waals surface area contributed by atoms with Crippen molar-refractivity contribution in [3.63, 3.8) is 0 Å². The molecule has 1 aliphatic rings. The highest BCUT2D eigenvalue weighted by Crippen LogP contribution is 2.68. The lowest BCUT2D eigenvalue weighted by atomic mass is 10.2. The maximum absolute atomic E-state index is 14.7. The summed E-state index contributed by atoms with van der Waals surface area (Å²) in [6.07, 6.45) is -0.625. The molecule has 2 aromatic carbocycles. The van der Waals surface area contributed by atoms with Gasteiger partial charge in [-0.3, -0.25) is 13.8 Å². The molecule has 172 valence electrons. The molecular weight excluding hydrogens is 552 g/mol. The van der Waals surface area contributed by atoms with Crippen molar-refractivity contribution >= 4 is 50.4 Å². The van der Waals surface area contributed by atoms with Crippen LogP contribution in [0.5, 0.6) is 5.75 Å². The fourth-order valence-electron chi connectivity index (χ4n) is 3.20. The van der Waals surface area contributed by atoms with Gasteiger partial charge in [-0.2, -0.15) is 0 Å². The van der Waals surface area contributed by atoms with E-state index in [1.165, 1.54) is 19.2 Å². The van der Waals surface area contributed by atoms with E-state index in [1.807, 2.05) is 22.6 Å². The molecule has 1 saturated carbocycles. The first-order chi connectivity index (χ1) is 14.5. The Bertz CT molecular complexity index is 978. The molecule has 3 rings (SSSR count). The molecule has 0 spiro atoms. The van der Waals surface area contributed by atoms with E-state index in [0.29, 0.717) is 16.4 Å². The van der Waals surface area contributed by atoms with Crippen molar-refractivity contribution in [3.05, 3.63) is 45.3 Å². The summed E-state index contributed by atoms with van der Waals surface area (Å²) in [4.78, 5) is 0. The minimum absolute atomic E-state index is 0.112. The summed E-state index contributed by atoms with van der Waals surface area (Å²) in [5.41, 5.74) is -1.05. The highest BCUT2D eigenvalue weighted by atomic mass is 127. The van der Waals surface area contributed by atoms with Gasteiger partial charge in [-0.05, 0) is 53.6 Å². The first-order valence-electron chi connectivity index (χ1n) is 9.16. The topological polar surface area (TPSA) is 114 Å². The standard InChI is InChI=1S/C19H22F3IN2O5S/c1-30-15-7-13(21)16(22)18(24-14-3-2-10(23)6-12(14)20)17(15)25-31(28,29)19(4-5-19)8-11(27)9-26/h2-3,6-7,11,24-29H,4-5,8-9H2,1H3. The summed E-state index contributed by atoms with van der Waals surface area (Å²) in [5.74, 6) is -3.64. The summed E-state index contributed by atoms with van der Waals surface area (Å²) in [6, 6.07) is 4.80. The maximum Gasteiger partial charge on any atom is 0.184 e. The molecule has 31 heavy (non-hydrogen) atoms. The molecular formula is C19H22F3IN2O5S. The van der Waals surface area contributed by atoms with E-state index in [-0.39, 0.29) is 23.5 Å². The molecule has 2 aromatic rings. The molecule has 1 atom stereocenters. The summed E-state index contributed by atoms with van der Waals surface area (Å²) < 4.78 is 71.8. The molecule has 1 unspecified atom stereocenters. The van der Waals surface area contributed by atoms with Gasteiger partial charge >= 0.3 is 0 Å². The van der Waals surface area contributed by atoms with Crippen LogP contribution in [-0.4, -0.2) is 43.9 Å². The van der Waals surface area contributed by atoms with Gasteiger partial charge in [0.05, 0.1) is 30.3 Å². The van der Waals surface area contributed by atoms with Crippen molar-refractivity contribution in [1.82, 2.24) is 0 Å². The van der Waals surface area contributed by atoms with Gasteiger partial charge in [0.2, 0.25) is 0 Å². The van der Waals surface area contributed by atoms with Crippen LogP contribution < -0.4 is 14.8 Å². The van der Waals surface area contributed by atoms with E-state index in [4.69, 9.17) is 9.84 Å². The summed E-state index contributed by atoms with van der Waals surface area (Å²) >= 11 is 1.89. The molecule has 0 radical (unpaired) electrons. The number of rotatable bonds is 9. The lowest BCUT2D eigenvalue weighted by Crippen LogP contribution is -2.31. The van der Waals surface area contributed by atoms with Gasteiger partial charge in [0, 0.05) is 16.1 Å². The van der Waals surface area contributed by atoms with Gasteiger partial charge in [-0.25, -0.2) is 13.2 Å². The monoisotopic (exact) mass is 574 g/mol. The van der Waals surface area contributed by atoms with Crippen molar-refractivity contribution in [3.8, 4) is 5.75 Å². The van der Waals surface area contributed by atoms with Crippen molar-refractivity contribution in [1.29, 1.82) is 0 Å². The van der Waals surface area contributed by atoms with Crippen LogP contribution >= 0.6 is 33.4 Å². The lowest BCUT2D eigenvalue weighted by Gasteiger charge is -2.43. The van der Waals surface area contributed by atoms with E-state index < -0.39 is 51.4 Å². The molecule has 0 bridgehead atoms. The second kappa shape index (κ2) is 9.19. The number of benzene rings is 2. The second-order valence-corrected chi connectivity index (χ2v) is 10.7. The summed E-state index contributed by atoms with van der Waals surface area (Å²) in [7, 11) is -2.54. The SMILES string of the molecule is COc1cc(F)c(F)c(Nc2ccc(I)cc2F)c1NS(O)(O)C1(CC(O)CO)CC1. The smallest absolute Gasteiger partial charge is 0.184 e. The highest BCUT2D eigenvalue weighted by Gasteiger charge is 2.55. The van der Waals surface area contributed by atoms with E-state index in [1.54, 1.807) is 6.07 Å². The number of anilines is 3. The van der Waals surface area contributed by atoms with E-state index >= 15 is 0 Å². The zero-order valence-corrected chi connectivity index (χ0v) is 19.3. The van der Waals surface area contributed by atoms with Crippen molar-refractivity contribution in [2.24, 2.45) is 0 Å². The molecule has 0 heterocycles. The van der Waals surface area contributed by atoms with Crippen LogP contribution in [0.4, 0.5) is 30.2 Å². The number of hydrogen-bond donors (Lipinski definition) is 6. The Morgan fingerprint density at radius 2 is 1.84 bits per heavy atom. The number of aliphatic hydroxyl groups excluding tert-OH is 2. The van der Waals surface area contributed by atoms with Gasteiger partial charge in [-0.15, -0.1) is 10.8 Å². The lowest BCUT2D eigenvalue weighted by molar-refractivity contribution is 0.0851. The number of ether oxygens (including phenoxy) is 1. The Morgan fingerprint density at radius 1 is 1.16 bits per heavy atom. The van der Waals surface area contributed by atoms with Crippen LogP contribution in [0, 0.1) is 21.0 Å². The summed E-state index contributed by atoms with van der Waals surface area (Å²) in [6.45, 7) is -0.565. The Morgan fingerprint density at radius 3 is 2.39 bits per heavy atom. The second-order valence-electron chi connectivity index (χ2n) is 7.25. The molecule has 0 aliphatic heterocycles. The van der Waals surface area contributed by atoms with Crippen molar-refractivity contribution in [2.45, 2.75) is 30.1 Å². The van der Waals surface area contributed by atoms with E-state index in [0.717, 1.165) is 6.07 Å². The predicted octanol–water partition coefficient (Wildman–Crippen LogP) is 4.81. The fourth-order valence-corrected chi connectivity index (χ4v) is 5.45. The number of methoxy groups -OCH3 is 1. The third-order valence-electron chi connectivity index (χ3n) is 5.07. The van der Waals surface area contributed by atoms with Crippen LogP contribution in [0.2, 0.25) is 0 Å². The van der Waals surface area contributed by atoms with Crippen LogP contribution in [0.25, 0.3) is 0 Å². The molecule has 0 saturated heterocycles. The fraction of sp³-hybridized carbons (Fsp3) is 0.368. The number of halogens is 4. The predicted molar refractivity (Wildman–Crippen MR) is 121 cm³/mol. The average Bonchev–Trinajstić information content (AvgIpc) is 3.50. The van der Waals surface area contributed by atoms with Gasteiger partial charge in [0.1, 0.15) is 22.9 Å². The third kappa shape index (κ3) is 4.98. The van der Waals surface area contributed by atoms with E-state index in [9.17, 15) is 27.4 Å². The van der Waals surface area contributed by atoms with Crippen LogP contribution in [0.3, 0.4) is 0 Å². The minimum atomic E-state index is -3.73. The Kier molecular flexibility index (Phi) is 7.18. The van der Waals surface area contributed by atoms with Gasteiger partial charge in [-0.1, -0.05) is 0 Å². The summed E-state index contributed by atoms with van der Waals surface area (Å²) in [5, 5.41) is 21.3. The number of aliphatic hydroxyl groups is 2. The Labute approximate surface area is 192 Å². The molecule has 0 aromatic heterocycles. The van der Waals surface area contributed by atoms with Gasteiger partial charge < -0.3 is 20.3 Å². The van der Waals surface area contributed by atoms with Gasteiger partial charge in [0.25, 0.3) is 0 Å². The first kappa shape index (κ1) is 24.2. The minimum Gasteiger partial charge on any atom is -0.494 e. The Hall–Kier alpha value is -1.45. The highest BCUT2D eigenvalue weighted by molar-refractivity contribution is 14.1. The third-order valence-corrected chi connectivity index (χ3v) is 8.01. The number of nitrogens with one attached hydrogen (secondary N) is 2. The molecule has 6 N–H and O–H groups in total. The van der Waals surface area contributed by atoms with Crippen LogP contribution in [-0.2, 0) is 0 Å². The molecule has 1 fully saturated rings. The van der Waals surface area contributed by atoms with Crippen molar-refractivity contribution in [2.75, 3.05) is 23.8 Å². The average molecular weight is 574 g/mol. The largest absolute Gasteiger partial charge is 0.494 e. The molecule has 12 heteroatoms. The van der Waals surface area contributed by atoms with Crippen LogP contribution in [0.1, 0.15) is 19.3 Å². The quantitative estimate of drug-likeness (QED) is 0.238. The zero-order valence-electron chi connectivity index (χ0n) is 16.3. The zero-order chi connectivity index (χ0) is 23.0. The Balaban J connectivity index is 2.03. The molecule has 7 nitrogen and oxygen atoms in total. The van der Waals surface area contributed by atoms with Crippen LogP contribution in [0.15, 0.2) is 24.3 Å². The maximum atomic E-state index is 14.7. The normalized spacial score (nSPS) is 16.5. The van der Waals surface area contributed by atoms with Gasteiger partial charge in [0.15, 0.2) is 11.6 Å². The molecule has 0 amide bonds.